The lowest BCUT2D eigenvalue weighted by atomic mass is 10.1. The fourth-order valence-corrected chi connectivity index (χ4v) is 1.31. The van der Waals surface area contributed by atoms with Gasteiger partial charge in [-0.2, -0.15) is 0 Å². The van der Waals surface area contributed by atoms with Crippen molar-refractivity contribution in [2.45, 2.75) is 13.8 Å². The Morgan fingerprint density at radius 2 is 1.38 bits per heavy atom. The van der Waals surface area contributed by atoms with Crippen molar-refractivity contribution in [3.63, 3.8) is 0 Å². The summed E-state index contributed by atoms with van der Waals surface area (Å²) in [5.41, 5.74) is 8.53. The first-order chi connectivity index (χ1) is 6.11. The summed E-state index contributed by atoms with van der Waals surface area (Å²) in [5, 5.41) is 0. The summed E-state index contributed by atoms with van der Waals surface area (Å²) in [7, 11) is 3.24. The van der Waals surface area contributed by atoms with Gasteiger partial charge in [-0.15, -0.1) is 0 Å². The molecule has 3 nitrogen and oxygen atoms in total. The van der Waals surface area contributed by atoms with Crippen LogP contribution in [0.1, 0.15) is 11.1 Å². The number of benzene rings is 1. The zero-order chi connectivity index (χ0) is 10.0. The third kappa shape index (κ3) is 1.54. The minimum Gasteiger partial charge on any atom is -0.496 e. The Morgan fingerprint density at radius 3 is 1.69 bits per heavy atom. The van der Waals surface area contributed by atoms with E-state index in [9.17, 15) is 0 Å². The average Bonchev–Trinajstić information content (AvgIpc) is 2.15. The van der Waals surface area contributed by atoms with Crippen LogP contribution in [0.4, 0.5) is 5.69 Å². The van der Waals surface area contributed by atoms with Gasteiger partial charge in [-0.3, -0.25) is 0 Å². The van der Waals surface area contributed by atoms with Gasteiger partial charge in [-0.1, -0.05) is 0 Å². The second-order valence-corrected chi connectivity index (χ2v) is 2.94. The van der Waals surface area contributed by atoms with Crippen molar-refractivity contribution in [2.24, 2.45) is 0 Å². The number of nitrogen functional groups attached to an aromatic ring is 1. The number of anilines is 1. The number of rotatable bonds is 2. The Morgan fingerprint density at radius 1 is 1.00 bits per heavy atom. The SMILES string of the molecule is COc1cc(OC)c(C)c(N)c1C. The van der Waals surface area contributed by atoms with Crippen LogP contribution in [-0.2, 0) is 0 Å². The molecule has 0 aromatic heterocycles. The minimum atomic E-state index is 0.733. The molecule has 0 heterocycles. The van der Waals surface area contributed by atoms with Gasteiger partial charge in [0.05, 0.1) is 14.2 Å². The van der Waals surface area contributed by atoms with Crippen molar-refractivity contribution >= 4 is 5.69 Å². The van der Waals surface area contributed by atoms with E-state index in [1.54, 1.807) is 14.2 Å². The Hall–Kier alpha value is -1.38. The number of nitrogens with two attached hydrogens (primary N) is 1. The van der Waals surface area contributed by atoms with Crippen molar-refractivity contribution in [3.05, 3.63) is 17.2 Å². The maximum Gasteiger partial charge on any atom is 0.127 e. The molecule has 0 bridgehead atoms. The summed E-state index contributed by atoms with van der Waals surface area (Å²) in [5.74, 6) is 1.53. The molecular weight excluding hydrogens is 166 g/mol. The lowest BCUT2D eigenvalue weighted by Gasteiger charge is -2.13. The van der Waals surface area contributed by atoms with Gasteiger partial charge in [0.15, 0.2) is 0 Å². The molecule has 0 aliphatic heterocycles. The average molecular weight is 181 g/mol. The van der Waals surface area contributed by atoms with Crippen LogP contribution in [0.5, 0.6) is 11.5 Å². The van der Waals surface area contributed by atoms with E-state index in [2.05, 4.69) is 0 Å². The lowest BCUT2D eigenvalue weighted by molar-refractivity contribution is 0.391. The molecule has 0 saturated heterocycles. The molecule has 72 valence electrons. The molecule has 0 saturated carbocycles. The standard InChI is InChI=1S/C10H15NO2/c1-6-8(12-3)5-9(13-4)7(2)10(6)11/h5H,11H2,1-4H3. The van der Waals surface area contributed by atoms with Crippen molar-refractivity contribution < 1.29 is 9.47 Å². The molecular formula is C10H15NO2. The van der Waals surface area contributed by atoms with Gasteiger partial charge in [0.2, 0.25) is 0 Å². The summed E-state index contributed by atoms with van der Waals surface area (Å²) in [6.45, 7) is 3.86. The first-order valence-corrected chi connectivity index (χ1v) is 4.09. The minimum absolute atomic E-state index is 0.733. The summed E-state index contributed by atoms with van der Waals surface area (Å²) >= 11 is 0. The van der Waals surface area contributed by atoms with Crippen LogP contribution >= 0.6 is 0 Å². The largest absolute Gasteiger partial charge is 0.496 e. The van der Waals surface area contributed by atoms with E-state index in [0.29, 0.717) is 0 Å². The molecule has 0 unspecified atom stereocenters. The van der Waals surface area contributed by atoms with Crippen LogP contribution in [0.2, 0.25) is 0 Å². The molecule has 0 radical (unpaired) electrons. The Bertz CT molecular complexity index is 293. The Kier molecular flexibility index (Phi) is 2.66. The topological polar surface area (TPSA) is 44.5 Å². The van der Waals surface area contributed by atoms with Gasteiger partial charge < -0.3 is 15.2 Å². The first kappa shape index (κ1) is 9.71. The van der Waals surface area contributed by atoms with Crippen LogP contribution in [0.15, 0.2) is 6.07 Å². The van der Waals surface area contributed by atoms with E-state index in [1.807, 2.05) is 19.9 Å². The van der Waals surface area contributed by atoms with Crippen molar-refractivity contribution in [2.75, 3.05) is 20.0 Å². The van der Waals surface area contributed by atoms with Crippen LogP contribution in [0, 0.1) is 13.8 Å². The van der Waals surface area contributed by atoms with E-state index >= 15 is 0 Å². The van der Waals surface area contributed by atoms with Crippen LogP contribution in [-0.4, -0.2) is 14.2 Å². The lowest BCUT2D eigenvalue weighted by Crippen LogP contribution is -1.99. The fraction of sp³-hybridized carbons (Fsp3) is 0.400. The van der Waals surface area contributed by atoms with E-state index in [4.69, 9.17) is 15.2 Å². The van der Waals surface area contributed by atoms with Crippen LogP contribution < -0.4 is 15.2 Å². The van der Waals surface area contributed by atoms with Crippen molar-refractivity contribution in [1.82, 2.24) is 0 Å². The van der Waals surface area contributed by atoms with Gasteiger partial charge in [0.1, 0.15) is 11.5 Å². The quantitative estimate of drug-likeness (QED) is 0.709. The maximum atomic E-state index is 5.87. The second kappa shape index (κ2) is 3.56. The highest BCUT2D eigenvalue weighted by atomic mass is 16.5. The summed E-state index contributed by atoms with van der Waals surface area (Å²) < 4.78 is 10.3. The first-order valence-electron chi connectivity index (χ1n) is 4.09. The molecule has 2 N–H and O–H groups in total. The molecule has 3 heteroatoms. The van der Waals surface area contributed by atoms with E-state index in [-0.39, 0.29) is 0 Å². The van der Waals surface area contributed by atoms with Gasteiger partial charge in [0.25, 0.3) is 0 Å². The van der Waals surface area contributed by atoms with Gasteiger partial charge in [-0.25, -0.2) is 0 Å². The summed E-state index contributed by atoms with van der Waals surface area (Å²) in [6, 6.07) is 1.85. The third-order valence-corrected chi connectivity index (χ3v) is 2.25. The van der Waals surface area contributed by atoms with Crippen molar-refractivity contribution in [3.8, 4) is 11.5 Å². The zero-order valence-electron chi connectivity index (χ0n) is 8.47. The molecule has 0 spiro atoms. The molecule has 0 amide bonds. The molecule has 13 heavy (non-hydrogen) atoms. The molecule has 0 fully saturated rings. The molecule has 0 atom stereocenters. The Balaban J connectivity index is 3.36. The number of hydrogen-bond acceptors (Lipinski definition) is 3. The summed E-state index contributed by atoms with van der Waals surface area (Å²) in [6.07, 6.45) is 0. The van der Waals surface area contributed by atoms with Crippen LogP contribution in [0.3, 0.4) is 0 Å². The maximum absolute atomic E-state index is 5.87. The third-order valence-electron chi connectivity index (χ3n) is 2.25. The summed E-state index contributed by atoms with van der Waals surface area (Å²) in [4.78, 5) is 0. The predicted molar refractivity (Wildman–Crippen MR) is 53.4 cm³/mol. The normalized spacial score (nSPS) is 9.85. The molecule has 1 aromatic carbocycles. The van der Waals surface area contributed by atoms with Crippen LogP contribution in [0.25, 0.3) is 0 Å². The van der Waals surface area contributed by atoms with Gasteiger partial charge >= 0.3 is 0 Å². The highest BCUT2D eigenvalue weighted by Crippen LogP contribution is 2.33. The highest BCUT2D eigenvalue weighted by molar-refractivity contribution is 5.64. The van der Waals surface area contributed by atoms with Gasteiger partial charge in [0, 0.05) is 22.9 Å². The predicted octanol–water partition coefficient (Wildman–Crippen LogP) is 1.90. The van der Waals surface area contributed by atoms with E-state index in [1.165, 1.54) is 0 Å². The van der Waals surface area contributed by atoms with Crippen molar-refractivity contribution in [1.29, 1.82) is 0 Å². The number of methoxy groups -OCH3 is 2. The smallest absolute Gasteiger partial charge is 0.127 e. The highest BCUT2D eigenvalue weighted by Gasteiger charge is 2.10. The van der Waals surface area contributed by atoms with E-state index in [0.717, 1.165) is 28.3 Å². The number of hydrogen-bond donors (Lipinski definition) is 1. The molecule has 0 aliphatic rings. The molecule has 1 aromatic rings. The zero-order valence-corrected chi connectivity index (χ0v) is 8.47. The Labute approximate surface area is 78.5 Å². The van der Waals surface area contributed by atoms with E-state index < -0.39 is 0 Å². The monoisotopic (exact) mass is 181 g/mol. The molecule has 0 aliphatic carbocycles. The second-order valence-electron chi connectivity index (χ2n) is 2.94. The van der Waals surface area contributed by atoms with Gasteiger partial charge in [-0.05, 0) is 13.8 Å². The molecule has 1 rings (SSSR count). The fourth-order valence-electron chi connectivity index (χ4n) is 1.31. The number of ether oxygens (including phenoxy) is 2.